The number of ether oxygens (including phenoxy) is 1. The summed E-state index contributed by atoms with van der Waals surface area (Å²) in [4.78, 5) is 25.7. The fourth-order valence-corrected chi connectivity index (χ4v) is 2.42. The Balaban J connectivity index is 2.88. The number of hydrogen-bond acceptors (Lipinski definition) is 3. The lowest BCUT2D eigenvalue weighted by Gasteiger charge is -2.17. The zero-order chi connectivity index (χ0) is 14.9. The molecule has 4 nitrogen and oxygen atoms in total. The minimum Gasteiger partial charge on any atom is -0.426 e. The van der Waals surface area contributed by atoms with Gasteiger partial charge in [-0.1, -0.05) is 6.08 Å². The van der Waals surface area contributed by atoms with Gasteiger partial charge in [0, 0.05) is 29.5 Å². The number of hydrogen-bond donors (Lipinski definition) is 1. The molecule has 0 spiro atoms. The highest BCUT2D eigenvalue weighted by Crippen LogP contribution is 2.34. The van der Waals surface area contributed by atoms with Crippen LogP contribution in [0, 0.1) is 13.8 Å². The standard InChI is InChI=1S/C16H17NO3/c1-5-6-13-9(2)15-12(7-8-14(19)17-15)10(3)16(13)20-11(4)18/h5,7-8H,1,6H2,2-4H3,(H,17,19). The van der Waals surface area contributed by atoms with Crippen LogP contribution in [-0.2, 0) is 11.2 Å². The number of carbonyl (C=O) groups is 1. The predicted molar refractivity (Wildman–Crippen MR) is 79.3 cm³/mol. The zero-order valence-corrected chi connectivity index (χ0v) is 11.9. The van der Waals surface area contributed by atoms with Crippen LogP contribution >= 0.6 is 0 Å². The van der Waals surface area contributed by atoms with Crippen LogP contribution in [0.25, 0.3) is 10.9 Å². The molecule has 1 aromatic heterocycles. The molecule has 0 radical (unpaired) electrons. The SMILES string of the molecule is C=CCc1c(OC(C)=O)c(C)c2ccc(=O)[nH]c2c1C. The lowest BCUT2D eigenvalue weighted by atomic mass is 9.96. The second-order valence-electron chi connectivity index (χ2n) is 4.76. The highest BCUT2D eigenvalue weighted by molar-refractivity contribution is 5.89. The summed E-state index contributed by atoms with van der Waals surface area (Å²) >= 11 is 0. The molecule has 0 aliphatic heterocycles. The van der Waals surface area contributed by atoms with Gasteiger partial charge in [-0.25, -0.2) is 0 Å². The largest absolute Gasteiger partial charge is 0.426 e. The summed E-state index contributed by atoms with van der Waals surface area (Å²) in [6, 6.07) is 3.22. The Kier molecular flexibility index (Phi) is 3.74. The molecule has 1 heterocycles. The Labute approximate surface area is 117 Å². The van der Waals surface area contributed by atoms with Crippen molar-refractivity contribution in [3.05, 3.63) is 51.8 Å². The topological polar surface area (TPSA) is 59.2 Å². The Morgan fingerprint density at radius 3 is 2.65 bits per heavy atom. The average molecular weight is 271 g/mol. The summed E-state index contributed by atoms with van der Waals surface area (Å²) < 4.78 is 5.37. The molecule has 1 N–H and O–H groups in total. The quantitative estimate of drug-likeness (QED) is 0.530. The van der Waals surface area contributed by atoms with E-state index in [1.54, 1.807) is 12.1 Å². The molecular weight excluding hydrogens is 254 g/mol. The molecule has 0 bridgehead atoms. The second-order valence-corrected chi connectivity index (χ2v) is 4.76. The van der Waals surface area contributed by atoms with E-state index in [4.69, 9.17) is 4.74 Å². The normalized spacial score (nSPS) is 10.6. The van der Waals surface area contributed by atoms with Crippen molar-refractivity contribution in [1.82, 2.24) is 4.98 Å². The predicted octanol–water partition coefficient (Wildman–Crippen LogP) is 2.80. The van der Waals surface area contributed by atoms with E-state index in [0.29, 0.717) is 12.2 Å². The smallest absolute Gasteiger partial charge is 0.308 e. The molecule has 104 valence electrons. The maximum Gasteiger partial charge on any atom is 0.308 e. The van der Waals surface area contributed by atoms with Crippen molar-refractivity contribution in [3.63, 3.8) is 0 Å². The van der Waals surface area contributed by atoms with Gasteiger partial charge < -0.3 is 9.72 Å². The number of pyridine rings is 1. The van der Waals surface area contributed by atoms with Crippen LogP contribution in [0.4, 0.5) is 0 Å². The minimum absolute atomic E-state index is 0.148. The first-order valence-corrected chi connectivity index (χ1v) is 6.40. The van der Waals surface area contributed by atoms with Gasteiger partial charge in [0.25, 0.3) is 0 Å². The van der Waals surface area contributed by atoms with Crippen molar-refractivity contribution in [1.29, 1.82) is 0 Å². The van der Waals surface area contributed by atoms with E-state index in [-0.39, 0.29) is 11.5 Å². The van der Waals surface area contributed by atoms with E-state index in [2.05, 4.69) is 11.6 Å². The highest BCUT2D eigenvalue weighted by atomic mass is 16.5. The summed E-state index contributed by atoms with van der Waals surface area (Å²) in [7, 11) is 0. The van der Waals surface area contributed by atoms with E-state index >= 15 is 0 Å². The summed E-state index contributed by atoms with van der Waals surface area (Å²) in [5, 5.41) is 0.881. The number of carbonyl (C=O) groups excluding carboxylic acids is 1. The molecule has 4 heteroatoms. The first kappa shape index (κ1) is 14.1. The third-order valence-corrected chi connectivity index (χ3v) is 3.36. The molecule has 0 unspecified atom stereocenters. The summed E-state index contributed by atoms with van der Waals surface area (Å²) in [5.74, 6) is 0.205. The third-order valence-electron chi connectivity index (χ3n) is 3.36. The van der Waals surface area contributed by atoms with Crippen LogP contribution < -0.4 is 10.3 Å². The van der Waals surface area contributed by atoms with Gasteiger partial charge in [0.1, 0.15) is 5.75 Å². The van der Waals surface area contributed by atoms with Gasteiger partial charge in [-0.2, -0.15) is 0 Å². The maximum atomic E-state index is 11.5. The van der Waals surface area contributed by atoms with Crippen LogP contribution in [0.1, 0.15) is 23.6 Å². The van der Waals surface area contributed by atoms with Crippen molar-refractivity contribution < 1.29 is 9.53 Å². The number of aryl methyl sites for hydroxylation is 2. The summed E-state index contributed by atoms with van der Waals surface area (Å²) in [5.41, 5.74) is 3.25. The van der Waals surface area contributed by atoms with Crippen molar-refractivity contribution in [3.8, 4) is 5.75 Å². The number of benzene rings is 1. The van der Waals surface area contributed by atoms with Crippen molar-refractivity contribution in [2.75, 3.05) is 0 Å². The molecule has 1 aromatic carbocycles. The van der Waals surface area contributed by atoms with E-state index in [1.165, 1.54) is 13.0 Å². The number of rotatable bonds is 3. The molecule has 0 saturated heterocycles. The van der Waals surface area contributed by atoms with Crippen molar-refractivity contribution >= 4 is 16.9 Å². The van der Waals surface area contributed by atoms with Gasteiger partial charge in [0.2, 0.25) is 5.56 Å². The van der Waals surface area contributed by atoms with Gasteiger partial charge in [0.05, 0.1) is 5.52 Å². The molecule has 2 rings (SSSR count). The number of H-pyrrole nitrogens is 1. The number of nitrogens with one attached hydrogen (secondary N) is 1. The Morgan fingerprint density at radius 2 is 2.05 bits per heavy atom. The molecule has 0 aliphatic carbocycles. The first-order valence-electron chi connectivity index (χ1n) is 6.40. The molecule has 0 atom stereocenters. The molecule has 0 fully saturated rings. The van der Waals surface area contributed by atoms with Gasteiger partial charge in [0.15, 0.2) is 0 Å². The fraction of sp³-hybridized carbons (Fsp3) is 0.250. The molecular formula is C16H17NO3. The van der Waals surface area contributed by atoms with E-state index in [9.17, 15) is 9.59 Å². The van der Waals surface area contributed by atoms with Crippen molar-refractivity contribution in [2.24, 2.45) is 0 Å². The maximum absolute atomic E-state index is 11.5. The van der Waals surface area contributed by atoms with Gasteiger partial charge >= 0.3 is 5.97 Å². The number of esters is 1. The van der Waals surface area contributed by atoms with E-state index in [0.717, 1.165) is 27.6 Å². The zero-order valence-electron chi connectivity index (χ0n) is 11.9. The van der Waals surface area contributed by atoms with Gasteiger partial charge in [-0.15, -0.1) is 6.58 Å². The van der Waals surface area contributed by atoms with Crippen LogP contribution in [0.2, 0.25) is 0 Å². The molecule has 2 aromatic rings. The van der Waals surface area contributed by atoms with Gasteiger partial charge in [-0.05, 0) is 31.9 Å². The first-order chi connectivity index (χ1) is 9.45. The Bertz CT molecular complexity index is 756. The Hall–Kier alpha value is -2.36. The van der Waals surface area contributed by atoms with Crippen LogP contribution in [-0.4, -0.2) is 11.0 Å². The van der Waals surface area contributed by atoms with Crippen molar-refractivity contribution in [2.45, 2.75) is 27.2 Å². The highest BCUT2D eigenvalue weighted by Gasteiger charge is 2.17. The number of aromatic nitrogens is 1. The average Bonchev–Trinajstić information content (AvgIpc) is 2.39. The van der Waals surface area contributed by atoms with E-state index < -0.39 is 0 Å². The molecule has 0 amide bonds. The molecule has 0 saturated carbocycles. The summed E-state index contributed by atoms with van der Waals surface area (Å²) in [6.07, 6.45) is 2.32. The third kappa shape index (κ3) is 2.37. The molecule has 0 aliphatic rings. The van der Waals surface area contributed by atoms with Gasteiger partial charge in [-0.3, -0.25) is 9.59 Å². The molecule has 20 heavy (non-hydrogen) atoms. The Morgan fingerprint density at radius 1 is 1.35 bits per heavy atom. The minimum atomic E-state index is -0.360. The lowest BCUT2D eigenvalue weighted by Crippen LogP contribution is -2.10. The van der Waals surface area contributed by atoms with Crippen LogP contribution in [0.3, 0.4) is 0 Å². The number of aromatic amines is 1. The number of fused-ring (bicyclic) bond motifs is 1. The fourth-order valence-electron chi connectivity index (χ4n) is 2.42. The summed E-state index contributed by atoms with van der Waals surface area (Å²) in [6.45, 7) is 8.90. The second kappa shape index (κ2) is 5.33. The lowest BCUT2D eigenvalue weighted by molar-refractivity contribution is -0.131. The van der Waals surface area contributed by atoms with E-state index in [1.807, 2.05) is 13.8 Å². The van der Waals surface area contributed by atoms with Crippen LogP contribution in [0.5, 0.6) is 5.75 Å². The monoisotopic (exact) mass is 271 g/mol. The van der Waals surface area contributed by atoms with Crippen LogP contribution in [0.15, 0.2) is 29.6 Å². The number of allylic oxidation sites excluding steroid dienone is 1.